The first kappa shape index (κ1) is 19.5. The molecule has 0 atom stereocenters. The maximum absolute atomic E-state index is 9.65. The van der Waals surface area contributed by atoms with Crippen molar-refractivity contribution in [3.8, 4) is 0 Å². The zero-order valence-electron chi connectivity index (χ0n) is 9.07. The summed E-state index contributed by atoms with van der Waals surface area (Å²) < 4.78 is 0. The van der Waals surface area contributed by atoms with Crippen molar-refractivity contribution in [2.45, 2.75) is 39.5 Å². The summed E-state index contributed by atoms with van der Waals surface area (Å²) in [6.45, 7) is 5.78. The number of unbranched alkanes of at least 4 members (excludes halogenated alkanes) is 2. The second-order valence-corrected chi connectivity index (χ2v) is 2.77. The van der Waals surface area contributed by atoms with Crippen LogP contribution < -0.4 is 16.2 Å². The average molecular weight is 298 g/mol. The zero-order valence-corrected chi connectivity index (χ0v) is 10.6. The van der Waals surface area contributed by atoms with E-state index >= 15 is 0 Å². The molecule has 5 heteroatoms. The quantitative estimate of drug-likeness (QED) is 0.542. The second kappa shape index (κ2) is 18.7. The Morgan fingerprint density at radius 1 is 1.29 bits per heavy atom. The van der Waals surface area contributed by atoms with Gasteiger partial charge in [-0.3, -0.25) is 0 Å². The van der Waals surface area contributed by atoms with Gasteiger partial charge in [0.05, 0.1) is 6.54 Å². The van der Waals surface area contributed by atoms with Crippen LogP contribution in [0.25, 0.3) is 0 Å². The molecule has 0 spiro atoms. The third kappa shape index (κ3) is 29.7. The van der Waals surface area contributed by atoms with Gasteiger partial charge in [0.2, 0.25) is 0 Å². The molecule has 0 aromatic carbocycles. The number of carboxylic acid groups (broad SMARTS) is 1. The van der Waals surface area contributed by atoms with E-state index in [0.29, 0.717) is 6.54 Å². The Hall–Kier alpha value is -0.0297. The molecule has 0 aliphatic carbocycles. The summed E-state index contributed by atoms with van der Waals surface area (Å²) in [5.41, 5.74) is 3.68. The largest absolute Gasteiger partial charge is 0.530 e. The van der Waals surface area contributed by atoms with Crippen LogP contribution in [0.15, 0.2) is 0 Å². The molecule has 4 N–H and O–H groups in total. The molecule has 0 bridgehead atoms. The summed E-state index contributed by atoms with van der Waals surface area (Å²) in [7, 11) is 0. The summed E-state index contributed by atoms with van der Waals surface area (Å²) in [4.78, 5) is 9.65. The van der Waals surface area contributed by atoms with Gasteiger partial charge in [0, 0.05) is 28.9 Å². The molecule has 0 aromatic rings. The van der Waals surface area contributed by atoms with Gasteiger partial charge in [0.15, 0.2) is 0 Å². The van der Waals surface area contributed by atoms with E-state index in [1.807, 2.05) is 6.92 Å². The van der Waals surface area contributed by atoms with E-state index < -0.39 is 6.09 Å². The third-order valence-corrected chi connectivity index (χ3v) is 1.40. The maximum Gasteiger partial charge on any atom is 0.134 e. The minimum atomic E-state index is -1.18. The predicted molar refractivity (Wildman–Crippen MR) is 51.0 cm³/mol. The molecule has 91 valence electrons. The molecule has 0 rings (SSSR count). The summed E-state index contributed by atoms with van der Waals surface area (Å²) >= 11 is 0. The van der Waals surface area contributed by atoms with Gasteiger partial charge in [-0.15, -0.1) is 0 Å². The van der Waals surface area contributed by atoms with Gasteiger partial charge in [-0.1, -0.05) is 26.7 Å². The minimum Gasteiger partial charge on any atom is -0.530 e. The summed E-state index contributed by atoms with van der Waals surface area (Å²) in [6, 6.07) is 0. The molecule has 0 saturated carbocycles. The van der Waals surface area contributed by atoms with E-state index in [1.165, 1.54) is 12.8 Å². The molecule has 1 radical (unpaired) electrons. The molecule has 0 aromatic heterocycles. The van der Waals surface area contributed by atoms with E-state index in [0.717, 1.165) is 19.4 Å². The van der Waals surface area contributed by atoms with Crippen molar-refractivity contribution < 1.29 is 38.0 Å². The number of hydrogen-bond acceptors (Lipinski definition) is 2. The first-order valence-corrected chi connectivity index (χ1v) is 4.93. The molecule has 1 amide bonds. The van der Waals surface area contributed by atoms with Crippen LogP contribution in [0.4, 0.5) is 4.79 Å². The Labute approximate surface area is 102 Å². The number of rotatable bonds is 5. The fourth-order valence-corrected chi connectivity index (χ4v) is 0.617. The number of quaternary nitrogens is 1. The van der Waals surface area contributed by atoms with Crippen molar-refractivity contribution in [1.82, 2.24) is 5.32 Å². The van der Waals surface area contributed by atoms with Gasteiger partial charge in [-0.2, -0.15) is 0 Å². The van der Waals surface area contributed by atoms with Crippen molar-refractivity contribution in [2.75, 3.05) is 13.1 Å². The number of amides is 1. The molecule has 0 saturated heterocycles. The average Bonchev–Trinajstić information content (AvgIpc) is 2.07. The standard InChI is InChI=1S/C5H11NO2.C4H11N.Ag/c1-2-3-4-6-5(7)8;1-2-3-4-5;/h6H,2-4H2,1H3,(H,7,8);2-5H2,1H3;. The first-order chi connectivity index (χ1) is 6.18. The zero-order chi connectivity index (χ0) is 10.5. The summed E-state index contributed by atoms with van der Waals surface area (Å²) in [6.07, 6.45) is 3.26. The molecule has 14 heavy (non-hydrogen) atoms. The van der Waals surface area contributed by atoms with Gasteiger partial charge in [-0.05, 0) is 12.8 Å². The molecular formula is C9H22AgN2O2. The van der Waals surface area contributed by atoms with Gasteiger partial charge in [0.25, 0.3) is 0 Å². The van der Waals surface area contributed by atoms with Crippen molar-refractivity contribution in [1.29, 1.82) is 0 Å². The number of carbonyl (C=O) groups excluding carboxylic acids is 1. The SMILES string of the molecule is CCCCNC(=O)[O-].CCCC[NH3+].[Ag]. The summed E-state index contributed by atoms with van der Waals surface area (Å²) in [5.74, 6) is 0. The molecule has 0 heterocycles. The fourth-order valence-electron chi connectivity index (χ4n) is 0.617. The van der Waals surface area contributed by atoms with E-state index in [4.69, 9.17) is 0 Å². The topological polar surface area (TPSA) is 79.8 Å². The number of hydrogen-bond donors (Lipinski definition) is 2. The van der Waals surface area contributed by atoms with Crippen LogP contribution in [-0.4, -0.2) is 19.2 Å². The van der Waals surface area contributed by atoms with Crippen molar-refractivity contribution in [2.24, 2.45) is 0 Å². The van der Waals surface area contributed by atoms with Crippen LogP contribution in [-0.2, 0) is 22.4 Å². The summed E-state index contributed by atoms with van der Waals surface area (Å²) in [5, 5.41) is 11.8. The fraction of sp³-hybridized carbons (Fsp3) is 0.889. The van der Waals surface area contributed by atoms with Crippen molar-refractivity contribution >= 4 is 6.09 Å². The molecule has 4 nitrogen and oxygen atoms in total. The Bertz CT molecular complexity index is 111. The molecule has 0 fully saturated rings. The molecular weight excluding hydrogens is 276 g/mol. The number of carbonyl (C=O) groups is 1. The molecule has 0 aliphatic rings. The van der Waals surface area contributed by atoms with Crippen molar-refractivity contribution in [3.05, 3.63) is 0 Å². The van der Waals surface area contributed by atoms with E-state index in [-0.39, 0.29) is 22.4 Å². The van der Waals surface area contributed by atoms with Gasteiger partial charge in [0.1, 0.15) is 6.09 Å². The van der Waals surface area contributed by atoms with E-state index in [1.54, 1.807) is 0 Å². The third-order valence-electron chi connectivity index (χ3n) is 1.40. The van der Waals surface area contributed by atoms with Crippen LogP contribution in [0.2, 0.25) is 0 Å². The van der Waals surface area contributed by atoms with Crippen molar-refractivity contribution in [3.63, 3.8) is 0 Å². The van der Waals surface area contributed by atoms with Crippen LogP contribution >= 0.6 is 0 Å². The van der Waals surface area contributed by atoms with Gasteiger partial charge < -0.3 is 21.0 Å². The Morgan fingerprint density at radius 2 is 1.79 bits per heavy atom. The smallest absolute Gasteiger partial charge is 0.134 e. The van der Waals surface area contributed by atoms with E-state index in [2.05, 4.69) is 18.0 Å². The maximum atomic E-state index is 9.65. The van der Waals surface area contributed by atoms with Crippen LogP contribution in [0.1, 0.15) is 39.5 Å². The van der Waals surface area contributed by atoms with E-state index in [9.17, 15) is 9.90 Å². The molecule has 0 unspecified atom stereocenters. The van der Waals surface area contributed by atoms with Crippen LogP contribution in [0.5, 0.6) is 0 Å². The normalized spacial score (nSPS) is 7.93. The number of nitrogens with one attached hydrogen (secondary N) is 1. The Kier molecular flexibility index (Phi) is 26.1. The van der Waals surface area contributed by atoms with Gasteiger partial charge >= 0.3 is 0 Å². The molecule has 0 aliphatic heterocycles. The Balaban J connectivity index is -0.000000177. The monoisotopic (exact) mass is 297 g/mol. The minimum absolute atomic E-state index is 0. The van der Waals surface area contributed by atoms with Gasteiger partial charge in [-0.25, -0.2) is 0 Å². The first-order valence-electron chi connectivity index (χ1n) is 4.93. The predicted octanol–water partition coefficient (Wildman–Crippen LogP) is -0.255. The second-order valence-electron chi connectivity index (χ2n) is 2.77. The van der Waals surface area contributed by atoms with Crippen LogP contribution in [0, 0.1) is 0 Å². The van der Waals surface area contributed by atoms with Crippen LogP contribution in [0.3, 0.4) is 0 Å². The Morgan fingerprint density at radius 3 is 2.00 bits per heavy atom.